The van der Waals surface area contributed by atoms with Crippen LogP contribution in [0.25, 0.3) is 0 Å². The number of hydrogen-bond acceptors (Lipinski definition) is 3. The molecule has 1 saturated heterocycles. The molecule has 1 aromatic heterocycles. The standard InChI is InChI=1S/C14H18N2O3/c17-13-3-5-15-7-12(13)14(18)16(11-1-2-11)8-10-4-6-19-9-10/h3,5,7,10-11H,1-2,4,6,8-9H2,(H,15,17). The van der Waals surface area contributed by atoms with Crippen LogP contribution in [-0.2, 0) is 4.74 Å². The van der Waals surface area contributed by atoms with E-state index in [1.807, 2.05) is 4.90 Å². The summed E-state index contributed by atoms with van der Waals surface area (Å²) in [4.78, 5) is 28.9. The predicted molar refractivity (Wildman–Crippen MR) is 70.0 cm³/mol. The van der Waals surface area contributed by atoms with Crippen molar-refractivity contribution in [1.29, 1.82) is 0 Å². The second kappa shape index (κ2) is 5.17. The van der Waals surface area contributed by atoms with Crippen LogP contribution in [0.3, 0.4) is 0 Å². The fourth-order valence-corrected chi connectivity index (χ4v) is 2.53. The third kappa shape index (κ3) is 2.71. The number of carbonyl (C=O) groups is 1. The van der Waals surface area contributed by atoms with Gasteiger partial charge in [-0.1, -0.05) is 0 Å². The van der Waals surface area contributed by atoms with Gasteiger partial charge in [-0.2, -0.15) is 0 Å². The molecule has 0 spiro atoms. The summed E-state index contributed by atoms with van der Waals surface area (Å²) in [5, 5.41) is 0. The fraction of sp³-hybridized carbons (Fsp3) is 0.571. The molecule has 1 unspecified atom stereocenters. The summed E-state index contributed by atoms with van der Waals surface area (Å²) >= 11 is 0. The minimum absolute atomic E-state index is 0.142. The van der Waals surface area contributed by atoms with Gasteiger partial charge in [0.15, 0.2) is 5.43 Å². The van der Waals surface area contributed by atoms with Gasteiger partial charge >= 0.3 is 0 Å². The van der Waals surface area contributed by atoms with Gasteiger partial charge in [0.25, 0.3) is 5.91 Å². The molecule has 0 radical (unpaired) electrons. The van der Waals surface area contributed by atoms with Gasteiger partial charge in [-0.05, 0) is 19.3 Å². The van der Waals surface area contributed by atoms with Crippen molar-refractivity contribution in [2.45, 2.75) is 25.3 Å². The SMILES string of the molecule is O=C(c1c[nH]ccc1=O)N(CC1CCOC1)C1CC1. The first kappa shape index (κ1) is 12.4. The summed E-state index contributed by atoms with van der Waals surface area (Å²) in [5.41, 5.74) is 0.0328. The minimum Gasteiger partial charge on any atom is -0.381 e. The number of aromatic amines is 1. The normalized spacial score (nSPS) is 22.4. The van der Waals surface area contributed by atoms with Crippen LogP contribution in [0.2, 0.25) is 0 Å². The van der Waals surface area contributed by atoms with Crippen molar-refractivity contribution in [1.82, 2.24) is 9.88 Å². The number of rotatable bonds is 4. The topological polar surface area (TPSA) is 62.4 Å². The third-order valence-electron chi connectivity index (χ3n) is 3.78. The van der Waals surface area contributed by atoms with Gasteiger partial charge in [0.05, 0.1) is 6.61 Å². The van der Waals surface area contributed by atoms with Crippen LogP contribution in [0.1, 0.15) is 29.6 Å². The quantitative estimate of drug-likeness (QED) is 0.881. The van der Waals surface area contributed by atoms with Crippen LogP contribution < -0.4 is 5.43 Å². The number of amides is 1. The molecule has 5 heteroatoms. The number of ether oxygens (including phenoxy) is 1. The van der Waals surface area contributed by atoms with Crippen LogP contribution in [-0.4, -0.2) is 41.6 Å². The number of H-pyrrole nitrogens is 1. The number of aromatic nitrogens is 1. The number of pyridine rings is 1. The highest BCUT2D eigenvalue weighted by atomic mass is 16.5. The van der Waals surface area contributed by atoms with Crippen molar-refractivity contribution in [3.05, 3.63) is 34.2 Å². The average Bonchev–Trinajstić information content (AvgIpc) is 3.13. The van der Waals surface area contributed by atoms with Crippen LogP contribution in [0, 0.1) is 5.92 Å². The summed E-state index contributed by atoms with van der Waals surface area (Å²) in [7, 11) is 0. The van der Waals surface area contributed by atoms with E-state index in [4.69, 9.17) is 4.74 Å². The molecule has 3 rings (SSSR count). The van der Waals surface area contributed by atoms with Crippen molar-refractivity contribution in [2.75, 3.05) is 19.8 Å². The molecule has 5 nitrogen and oxygen atoms in total. The van der Waals surface area contributed by atoms with Crippen molar-refractivity contribution in [2.24, 2.45) is 5.92 Å². The lowest BCUT2D eigenvalue weighted by molar-refractivity contribution is 0.0704. The fourth-order valence-electron chi connectivity index (χ4n) is 2.53. The lowest BCUT2D eigenvalue weighted by Crippen LogP contribution is -2.39. The molecular weight excluding hydrogens is 244 g/mol. The van der Waals surface area contributed by atoms with E-state index in [2.05, 4.69) is 4.98 Å². The molecule has 0 aromatic carbocycles. The zero-order valence-corrected chi connectivity index (χ0v) is 10.8. The molecule has 0 bridgehead atoms. The molecule has 1 aromatic rings. The summed E-state index contributed by atoms with van der Waals surface area (Å²) in [6.07, 6.45) is 6.15. The van der Waals surface area contributed by atoms with Gasteiger partial charge in [-0.25, -0.2) is 0 Å². The van der Waals surface area contributed by atoms with E-state index in [1.54, 1.807) is 6.20 Å². The van der Waals surface area contributed by atoms with E-state index in [-0.39, 0.29) is 16.9 Å². The van der Waals surface area contributed by atoms with Crippen LogP contribution in [0.4, 0.5) is 0 Å². The van der Waals surface area contributed by atoms with E-state index in [0.29, 0.717) is 18.5 Å². The maximum absolute atomic E-state index is 12.5. The minimum atomic E-state index is -0.211. The number of hydrogen-bond donors (Lipinski definition) is 1. The van der Waals surface area contributed by atoms with E-state index in [1.165, 1.54) is 12.3 Å². The van der Waals surface area contributed by atoms with Crippen molar-refractivity contribution < 1.29 is 9.53 Å². The van der Waals surface area contributed by atoms with Crippen molar-refractivity contribution >= 4 is 5.91 Å². The molecule has 102 valence electrons. The second-order valence-corrected chi connectivity index (χ2v) is 5.34. The molecule has 1 N–H and O–H groups in total. The Kier molecular flexibility index (Phi) is 3.38. The van der Waals surface area contributed by atoms with Gasteiger partial charge in [0.2, 0.25) is 0 Å². The third-order valence-corrected chi connectivity index (χ3v) is 3.78. The maximum Gasteiger partial charge on any atom is 0.259 e. The monoisotopic (exact) mass is 262 g/mol. The van der Waals surface area contributed by atoms with Gasteiger partial charge in [-0.15, -0.1) is 0 Å². The summed E-state index contributed by atoms with van der Waals surface area (Å²) in [5.74, 6) is 0.267. The molecule has 1 amide bonds. The van der Waals surface area contributed by atoms with Gasteiger partial charge in [-0.3, -0.25) is 9.59 Å². The zero-order valence-electron chi connectivity index (χ0n) is 10.8. The Hall–Kier alpha value is -1.62. The summed E-state index contributed by atoms with van der Waals surface area (Å²) in [6.45, 7) is 2.21. The Morgan fingerprint density at radius 3 is 2.89 bits per heavy atom. The molecule has 1 aliphatic carbocycles. The van der Waals surface area contributed by atoms with E-state index in [9.17, 15) is 9.59 Å². The number of nitrogens with one attached hydrogen (secondary N) is 1. The Bertz CT molecular complexity index is 515. The van der Waals surface area contributed by atoms with Crippen LogP contribution in [0.5, 0.6) is 0 Å². The highest BCUT2D eigenvalue weighted by Crippen LogP contribution is 2.29. The van der Waals surface area contributed by atoms with E-state index < -0.39 is 0 Å². The number of nitrogens with zero attached hydrogens (tertiary/aromatic N) is 1. The first-order valence-corrected chi connectivity index (χ1v) is 6.81. The largest absolute Gasteiger partial charge is 0.381 e. The van der Waals surface area contributed by atoms with Gasteiger partial charge in [0, 0.05) is 43.6 Å². The summed E-state index contributed by atoms with van der Waals surface area (Å²) in [6, 6.07) is 1.71. The van der Waals surface area contributed by atoms with Crippen molar-refractivity contribution in [3.8, 4) is 0 Å². The van der Waals surface area contributed by atoms with Crippen LogP contribution >= 0.6 is 0 Å². The lowest BCUT2D eigenvalue weighted by atomic mass is 10.1. The maximum atomic E-state index is 12.5. The van der Waals surface area contributed by atoms with Crippen molar-refractivity contribution in [3.63, 3.8) is 0 Å². The summed E-state index contributed by atoms with van der Waals surface area (Å²) < 4.78 is 5.36. The molecule has 19 heavy (non-hydrogen) atoms. The van der Waals surface area contributed by atoms with E-state index in [0.717, 1.165) is 32.5 Å². The molecule has 2 aliphatic rings. The first-order valence-electron chi connectivity index (χ1n) is 6.81. The molecule has 1 saturated carbocycles. The Balaban J connectivity index is 1.78. The van der Waals surface area contributed by atoms with Gasteiger partial charge in [0.1, 0.15) is 5.56 Å². The molecule has 1 aliphatic heterocycles. The molecule has 1 atom stereocenters. The Labute approximate surface area is 111 Å². The lowest BCUT2D eigenvalue weighted by Gasteiger charge is -2.24. The molecular formula is C14H18N2O3. The smallest absolute Gasteiger partial charge is 0.259 e. The second-order valence-electron chi connectivity index (χ2n) is 5.34. The highest BCUT2D eigenvalue weighted by molar-refractivity contribution is 5.94. The molecule has 2 heterocycles. The highest BCUT2D eigenvalue weighted by Gasteiger charge is 2.35. The van der Waals surface area contributed by atoms with E-state index >= 15 is 0 Å². The number of carbonyl (C=O) groups excluding carboxylic acids is 1. The Morgan fingerprint density at radius 1 is 1.42 bits per heavy atom. The zero-order chi connectivity index (χ0) is 13.2. The molecule has 2 fully saturated rings. The van der Waals surface area contributed by atoms with Gasteiger partial charge < -0.3 is 14.6 Å². The average molecular weight is 262 g/mol. The Morgan fingerprint density at radius 2 is 2.26 bits per heavy atom. The van der Waals surface area contributed by atoms with Crippen LogP contribution in [0.15, 0.2) is 23.3 Å². The first-order chi connectivity index (χ1) is 9.25. The predicted octanol–water partition coefficient (Wildman–Crippen LogP) is 1.02.